The minimum absolute atomic E-state index is 0.0204. The smallest absolute Gasteiger partial charge is 0.410 e. The van der Waals surface area contributed by atoms with Gasteiger partial charge >= 0.3 is 18.0 Å². The van der Waals surface area contributed by atoms with Crippen LogP contribution < -0.4 is 0 Å². The molecule has 1 fully saturated rings. The summed E-state index contributed by atoms with van der Waals surface area (Å²) >= 11 is 0. The number of hydrogen-bond acceptors (Lipinski definition) is 8. The van der Waals surface area contributed by atoms with E-state index in [1.165, 1.54) is 44.9 Å². The molecule has 1 amide bonds. The maximum Gasteiger partial charge on any atom is 0.410 e. The van der Waals surface area contributed by atoms with Crippen LogP contribution in [0.1, 0.15) is 149 Å². The molecule has 9 nitrogen and oxygen atoms in total. The van der Waals surface area contributed by atoms with Gasteiger partial charge < -0.3 is 24.0 Å². The van der Waals surface area contributed by atoms with Crippen molar-refractivity contribution in [1.29, 1.82) is 0 Å². The summed E-state index contributed by atoms with van der Waals surface area (Å²) < 4.78 is 16.8. The highest BCUT2D eigenvalue weighted by molar-refractivity contribution is 5.81. The zero-order valence-electron chi connectivity index (χ0n) is 29.5. The van der Waals surface area contributed by atoms with Crippen molar-refractivity contribution < 1.29 is 33.4 Å². The van der Waals surface area contributed by atoms with Crippen LogP contribution in [0.25, 0.3) is 0 Å². The predicted molar refractivity (Wildman–Crippen MR) is 179 cm³/mol. The average molecular weight is 639 g/mol. The highest BCUT2D eigenvalue weighted by Gasteiger charge is 2.35. The molecule has 0 bridgehead atoms. The van der Waals surface area contributed by atoms with Crippen molar-refractivity contribution in [2.45, 2.75) is 161 Å². The van der Waals surface area contributed by atoms with Gasteiger partial charge in [-0.25, -0.2) is 4.79 Å². The number of carbonyl (C=O) groups excluding carboxylic acids is 4. The van der Waals surface area contributed by atoms with Crippen molar-refractivity contribution in [3.63, 3.8) is 0 Å². The fourth-order valence-corrected chi connectivity index (χ4v) is 5.75. The second kappa shape index (κ2) is 26.0. The standard InChI is InChI=1S/C36H66N2O7/c1-6-9-11-13-15-16-18-21-32(39)25-30(26-34(40)43-24-19-17-14-12-10-7-2)27-35(41)44-29-31-22-23-38(31)36(42)45-33(20-8-3)28-37(4)5/h30-31,33H,6-29H2,1-5H3. The first kappa shape index (κ1) is 40.9. The van der Waals surface area contributed by atoms with Crippen molar-refractivity contribution in [3.8, 4) is 0 Å². The quantitative estimate of drug-likeness (QED) is 0.0485. The van der Waals surface area contributed by atoms with E-state index < -0.39 is 11.9 Å². The zero-order chi connectivity index (χ0) is 33.3. The van der Waals surface area contributed by atoms with E-state index in [0.717, 1.165) is 57.8 Å². The van der Waals surface area contributed by atoms with Gasteiger partial charge in [0.05, 0.1) is 12.6 Å². The Balaban J connectivity index is 2.57. The van der Waals surface area contributed by atoms with Gasteiger partial charge in [-0.1, -0.05) is 97.8 Å². The van der Waals surface area contributed by atoms with Gasteiger partial charge in [-0.05, 0) is 45.7 Å². The minimum atomic E-state index is -0.455. The number of nitrogens with zero attached hydrogens (tertiary/aromatic N) is 2. The number of Topliss-reactive ketones (excluding diaryl/α,β-unsaturated/α-hetero) is 1. The van der Waals surface area contributed by atoms with E-state index in [2.05, 4.69) is 20.8 Å². The number of amides is 1. The van der Waals surface area contributed by atoms with Gasteiger partial charge in [0.2, 0.25) is 0 Å². The Bertz CT molecular complexity index is 787. The van der Waals surface area contributed by atoms with E-state index in [1.54, 1.807) is 4.90 Å². The fraction of sp³-hybridized carbons (Fsp3) is 0.889. The third kappa shape index (κ3) is 20.6. The molecule has 1 rings (SSSR count). The largest absolute Gasteiger partial charge is 0.466 e. The van der Waals surface area contributed by atoms with Crippen LogP contribution in [0.5, 0.6) is 0 Å². The molecule has 0 aromatic heterocycles. The molecule has 0 aromatic rings. The molecular formula is C36H66N2O7. The molecule has 0 radical (unpaired) electrons. The number of ketones is 1. The first-order chi connectivity index (χ1) is 21.7. The van der Waals surface area contributed by atoms with Crippen LogP contribution in [0.3, 0.4) is 0 Å². The summed E-state index contributed by atoms with van der Waals surface area (Å²) in [7, 11) is 3.90. The van der Waals surface area contributed by atoms with Crippen LogP contribution >= 0.6 is 0 Å². The van der Waals surface area contributed by atoms with Crippen LogP contribution in [-0.4, -0.2) is 86.2 Å². The Kier molecular flexibility index (Phi) is 23.6. The van der Waals surface area contributed by atoms with Crippen molar-refractivity contribution in [3.05, 3.63) is 0 Å². The number of esters is 2. The van der Waals surface area contributed by atoms with E-state index in [0.29, 0.717) is 26.1 Å². The highest BCUT2D eigenvalue weighted by Crippen LogP contribution is 2.23. The van der Waals surface area contributed by atoms with Crippen LogP contribution in [0.2, 0.25) is 0 Å². The topological polar surface area (TPSA) is 102 Å². The number of carbonyl (C=O) groups is 4. The van der Waals surface area contributed by atoms with Crippen LogP contribution in [0, 0.1) is 5.92 Å². The summed E-state index contributed by atoms with van der Waals surface area (Å²) in [5, 5.41) is 0. The summed E-state index contributed by atoms with van der Waals surface area (Å²) in [6.45, 7) is 8.13. The molecule has 1 saturated heterocycles. The molecule has 0 saturated carbocycles. The number of rotatable bonds is 28. The number of likely N-dealkylation sites (tertiary alicyclic amines) is 1. The molecule has 45 heavy (non-hydrogen) atoms. The van der Waals surface area contributed by atoms with Crippen LogP contribution in [0.4, 0.5) is 4.79 Å². The SMILES string of the molecule is CCCCCCCCCC(=O)CC(CC(=O)OCCCCCCCC)CC(=O)OCC1CCN1C(=O)OC(CCC)CN(C)C. The van der Waals surface area contributed by atoms with Gasteiger partial charge in [-0.2, -0.15) is 0 Å². The van der Waals surface area contributed by atoms with Crippen LogP contribution in [-0.2, 0) is 28.6 Å². The molecule has 0 aliphatic carbocycles. The lowest BCUT2D eigenvalue weighted by Crippen LogP contribution is -2.54. The molecule has 3 unspecified atom stereocenters. The Morgan fingerprint density at radius 3 is 1.87 bits per heavy atom. The average Bonchev–Trinajstić information content (AvgIpc) is 2.95. The second-order valence-electron chi connectivity index (χ2n) is 13.3. The second-order valence-corrected chi connectivity index (χ2v) is 13.3. The summed E-state index contributed by atoms with van der Waals surface area (Å²) in [4.78, 5) is 54.7. The maximum absolute atomic E-state index is 12.9. The molecule has 1 heterocycles. The number of hydrogen-bond donors (Lipinski definition) is 0. The maximum atomic E-state index is 12.9. The van der Waals surface area contributed by atoms with Gasteiger partial charge in [0.25, 0.3) is 0 Å². The molecule has 262 valence electrons. The normalized spacial score (nSPS) is 15.8. The van der Waals surface area contributed by atoms with E-state index >= 15 is 0 Å². The Morgan fingerprint density at radius 1 is 0.733 bits per heavy atom. The summed E-state index contributed by atoms with van der Waals surface area (Å²) in [5.41, 5.74) is 0. The Morgan fingerprint density at radius 2 is 1.31 bits per heavy atom. The van der Waals surface area contributed by atoms with Gasteiger partial charge in [-0.15, -0.1) is 0 Å². The summed E-state index contributed by atoms with van der Waals surface area (Å²) in [5.74, 6) is -1.19. The highest BCUT2D eigenvalue weighted by atomic mass is 16.6. The van der Waals surface area contributed by atoms with Crippen molar-refractivity contribution in [1.82, 2.24) is 9.80 Å². The van der Waals surface area contributed by atoms with E-state index in [1.807, 2.05) is 19.0 Å². The first-order valence-electron chi connectivity index (χ1n) is 18.1. The van der Waals surface area contributed by atoms with E-state index in [4.69, 9.17) is 14.2 Å². The lowest BCUT2D eigenvalue weighted by molar-refractivity contribution is -0.149. The van der Waals surface area contributed by atoms with Gasteiger partial charge in [-0.3, -0.25) is 14.4 Å². The van der Waals surface area contributed by atoms with Crippen molar-refractivity contribution in [2.75, 3.05) is 40.4 Å². The van der Waals surface area contributed by atoms with E-state index in [9.17, 15) is 19.2 Å². The zero-order valence-corrected chi connectivity index (χ0v) is 29.5. The fourth-order valence-electron chi connectivity index (χ4n) is 5.75. The lowest BCUT2D eigenvalue weighted by atomic mass is 9.93. The predicted octanol–water partition coefficient (Wildman–Crippen LogP) is 7.87. The van der Waals surface area contributed by atoms with E-state index in [-0.39, 0.29) is 55.9 Å². The monoisotopic (exact) mass is 638 g/mol. The number of likely N-dealkylation sites (N-methyl/N-ethyl adjacent to an activating group) is 1. The van der Waals surface area contributed by atoms with Gasteiger partial charge in [0, 0.05) is 38.8 Å². The molecule has 1 aliphatic rings. The first-order valence-corrected chi connectivity index (χ1v) is 18.1. The summed E-state index contributed by atoms with van der Waals surface area (Å²) in [6.07, 6.45) is 17.1. The Labute approximate surface area is 274 Å². The van der Waals surface area contributed by atoms with Crippen molar-refractivity contribution in [2.24, 2.45) is 5.92 Å². The molecule has 0 N–H and O–H groups in total. The number of unbranched alkanes of at least 4 members (excludes halogenated alkanes) is 11. The Hall–Kier alpha value is -2.16. The van der Waals surface area contributed by atoms with Gasteiger partial charge in [0.15, 0.2) is 0 Å². The molecule has 0 spiro atoms. The molecular weight excluding hydrogens is 572 g/mol. The minimum Gasteiger partial charge on any atom is -0.466 e. The third-order valence-electron chi connectivity index (χ3n) is 8.51. The van der Waals surface area contributed by atoms with Crippen LogP contribution in [0.15, 0.2) is 0 Å². The molecule has 0 aromatic carbocycles. The molecule has 3 atom stereocenters. The third-order valence-corrected chi connectivity index (χ3v) is 8.51. The molecule has 1 aliphatic heterocycles. The number of ether oxygens (including phenoxy) is 3. The van der Waals surface area contributed by atoms with Crippen molar-refractivity contribution >= 4 is 23.8 Å². The molecule has 9 heteroatoms. The lowest BCUT2D eigenvalue weighted by Gasteiger charge is -2.40. The van der Waals surface area contributed by atoms with Gasteiger partial charge in [0.1, 0.15) is 18.5 Å². The summed E-state index contributed by atoms with van der Waals surface area (Å²) in [6, 6.07) is -0.220.